The molecule has 4 aromatic rings. The molecule has 3 heterocycles. The summed E-state index contributed by atoms with van der Waals surface area (Å²) in [7, 11) is 1.58. The number of pyridine rings is 1. The van der Waals surface area contributed by atoms with Gasteiger partial charge in [-0.2, -0.15) is 0 Å². The number of ether oxygens (including phenoxy) is 1. The number of rotatable bonds is 8. The van der Waals surface area contributed by atoms with Gasteiger partial charge in [-0.05, 0) is 36.4 Å². The van der Waals surface area contributed by atoms with Crippen LogP contribution in [0.15, 0.2) is 76.8 Å². The fourth-order valence-electron chi connectivity index (χ4n) is 2.81. The average molecular weight is 406 g/mol. The van der Waals surface area contributed by atoms with Crippen molar-refractivity contribution in [2.24, 2.45) is 0 Å². The first-order valence-electron chi connectivity index (χ1n) is 8.90. The Morgan fingerprint density at radius 2 is 2.10 bits per heavy atom. The monoisotopic (exact) mass is 406 g/mol. The van der Waals surface area contributed by atoms with Crippen LogP contribution in [-0.4, -0.2) is 38.4 Å². The van der Waals surface area contributed by atoms with Gasteiger partial charge in [0.2, 0.25) is 0 Å². The van der Waals surface area contributed by atoms with Gasteiger partial charge < -0.3 is 9.15 Å². The number of aromatic nitrogens is 4. The number of ketones is 1. The summed E-state index contributed by atoms with van der Waals surface area (Å²) >= 11 is 1.34. The molecule has 1 aromatic carbocycles. The van der Waals surface area contributed by atoms with E-state index >= 15 is 0 Å². The summed E-state index contributed by atoms with van der Waals surface area (Å²) in [4.78, 5) is 16.8. The Balaban J connectivity index is 1.58. The van der Waals surface area contributed by atoms with Crippen molar-refractivity contribution >= 4 is 17.5 Å². The molecule has 0 saturated carbocycles. The molecule has 0 unspecified atom stereocenters. The zero-order chi connectivity index (χ0) is 20.1. The largest absolute Gasteiger partial charge is 0.497 e. The fraction of sp³-hybridized carbons (Fsp3) is 0.143. The summed E-state index contributed by atoms with van der Waals surface area (Å²) in [6.07, 6.45) is 5.07. The Morgan fingerprint density at radius 1 is 1.17 bits per heavy atom. The SMILES string of the molecule is COc1cccc(C(=O)CSc2nnc(-c3cccnc3)n2Cc2ccco2)c1. The van der Waals surface area contributed by atoms with E-state index in [1.165, 1.54) is 11.8 Å². The van der Waals surface area contributed by atoms with E-state index in [4.69, 9.17) is 9.15 Å². The highest BCUT2D eigenvalue weighted by Gasteiger charge is 2.17. The van der Waals surface area contributed by atoms with E-state index in [-0.39, 0.29) is 11.5 Å². The Labute approximate surface area is 171 Å². The second-order valence-electron chi connectivity index (χ2n) is 6.16. The molecule has 0 atom stereocenters. The van der Waals surface area contributed by atoms with Crippen LogP contribution in [0.25, 0.3) is 11.4 Å². The molecule has 8 heteroatoms. The first-order valence-corrected chi connectivity index (χ1v) is 9.89. The zero-order valence-corrected chi connectivity index (χ0v) is 16.5. The Kier molecular flexibility index (Phi) is 5.71. The van der Waals surface area contributed by atoms with Crippen molar-refractivity contribution in [1.29, 1.82) is 0 Å². The highest BCUT2D eigenvalue weighted by Crippen LogP contribution is 2.26. The topological polar surface area (TPSA) is 83.0 Å². The number of hydrogen-bond acceptors (Lipinski definition) is 7. The lowest BCUT2D eigenvalue weighted by Gasteiger charge is -2.09. The van der Waals surface area contributed by atoms with Crippen molar-refractivity contribution in [1.82, 2.24) is 19.7 Å². The van der Waals surface area contributed by atoms with Gasteiger partial charge in [0.1, 0.15) is 11.5 Å². The van der Waals surface area contributed by atoms with Crippen LogP contribution in [0.2, 0.25) is 0 Å². The van der Waals surface area contributed by atoms with E-state index in [9.17, 15) is 4.79 Å². The summed E-state index contributed by atoms with van der Waals surface area (Å²) in [6, 6.07) is 14.6. The number of furan rings is 1. The second-order valence-corrected chi connectivity index (χ2v) is 7.10. The van der Waals surface area contributed by atoms with E-state index in [1.54, 1.807) is 44.0 Å². The van der Waals surface area contributed by atoms with Gasteiger partial charge in [-0.25, -0.2) is 0 Å². The summed E-state index contributed by atoms with van der Waals surface area (Å²) in [5.41, 5.74) is 1.44. The lowest BCUT2D eigenvalue weighted by atomic mass is 10.1. The van der Waals surface area contributed by atoms with Crippen LogP contribution in [0.1, 0.15) is 16.1 Å². The van der Waals surface area contributed by atoms with Crippen LogP contribution in [0, 0.1) is 0 Å². The van der Waals surface area contributed by atoms with Gasteiger partial charge in [0, 0.05) is 23.5 Å². The number of Topliss-reactive ketones (excluding diaryl/α,β-unsaturated/α-hetero) is 1. The van der Waals surface area contributed by atoms with Gasteiger partial charge in [0.25, 0.3) is 0 Å². The molecule has 4 rings (SSSR count). The number of methoxy groups -OCH3 is 1. The van der Waals surface area contributed by atoms with Gasteiger partial charge >= 0.3 is 0 Å². The minimum absolute atomic E-state index is 0.00984. The molecule has 146 valence electrons. The van der Waals surface area contributed by atoms with Gasteiger partial charge in [0.15, 0.2) is 16.8 Å². The third kappa shape index (κ3) is 4.38. The zero-order valence-electron chi connectivity index (χ0n) is 15.7. The molecular weight excluding hydrogens is 388 g/mol. The standard InChI is InChI=1S/C21H18N4O3S/c1-27-17-7-2-5-15(11-17)19(26)14-29-21-24-23-20(16-6-3-9-22-12-16)25(21)13-18-8-4-10-28-18/h2-12H,13-14H2,1H3. The molecule has 0 aliphatic heterocycles. The first-order chi connectivity index (χ1) is 14.2. The van der Waals surface area contributed by atoms with E-state index in [1.807, 2.05) is 34.9 Å². The van der Waals surface area contributed by atoms with Crippen molar-refractivity contribution in [3.05, 3.63) is 78.5 Å². The molecule has 3 aromatic heterocycles. The molecule has 7 nitrogen and oxygen atoms in total. The number of benzene rings is 1. The van der Waals surface area contributed by atoms with Crippen molar-refractivity contribution < 1.29 is 13.9 Å². The first kappa shape index (κ1) is 18.9. The second kappa shape index (κ2) is 8.74. The molecular formula is C21H18N4O3S. The predicted octanol–water partition coefficient (Wildman–Crippen LogP) is 3.97. The minimum Gasteiger partial charge on any atom is -0.497 e. The predicted molar refractivity (Wildman–Crippen MR) is 109 cm³/mol. The maximum atomic E-state index is 12.6. The van der Waals surface area contributed by atoms with Crippen LogP contribution in [0.3, 0.4) is 0 Å². The molecule has 0 amide bonds. The third-order valence-corrected chi connectivity index (χ3v) is 5.22. The normalized spacial score (nSPS) is 10.8. The number of carbonyl (C=O) groups is 1. The minimum atomic E-state index is -0.00984. The Morgan fingerprint density at radius 3 is 2.86 bits per heavy atom. The van der Waals surface area contributed by atoms with Crippen molar-refractivity contribution in [2.45, 2.75) is 11.7 Å². The van der Waals surface area contributed by atoms with E-state index in [2.05, 4.69) is 15.2 Å². The number of thioether (sulfide) groups is 1. The summed E-state index contributed by atoms with van der Waals surface area (Å²) in [5.74, 6) is 2.32. The lowest BCUT2D eigenvalue weighted by Crippen LogP contribution is -2.07. The molecule has 0 N–H and O–H groups in total. The van der Waals surface area contributed by atoms with Gasteiger partial charge in [-0.15, -0.1) is 10.2 Å². The quantitative estimate of drug-likeness (QED) is 0.323. The number of carbonyl (C=O) groups excluding carboxylic acids is 1. The molecule has 0 fully saturated rings. The van der Waals surface area contributed by atoms with Crippen LogP contribution >= 0.6 is 11.8 Å². The molecule has 0 saturated heterocycles. The van der Waals surface area contributed by atoms with Crippen LogP contribution in [-0.2, 0) is 6.54 Å². The molecule has 0 aliphatic carbocycles. The van der Waals surface area contributed by atoms with Crippen LogP contribution in [0.4, 0.5) is 0 Å². The summed E-state index contributed by atoms with van der Waals surface area (Å²) < 4.78 is 12.6. The van der Waals surface area contributed by atoms with Gasteiger partial charge in [-0.3, -0.25) is 14.3 Å². The number of hydrogen-bond donors (Lipinski definition) is 0. The summed E-state index contributed by atoms with van der Waals surface area (Å²) in [6.45, 7) is 0.458. The van der Waals surface area contributed by atoms with E-state index < -0.39 is 0 Å². The van der Waals surface area contributed by atoms with E-state index in [0.29, 0.717) is 28.8 Å². The number of nitrogens with zero attached hydrogens (tertiary/aromatic N) is 4. The Bertz CT molecular complexity index is 1090. The van der Waals surface area contributed by atoms with Gasteiger partial charge in [-0.1, -0.05) is 23.9 Å². The van der Waals surface area contributed by atoms with Crippen molar-refractivity contribution in [2.75, 3.05) is 12.9 Å². The maximum absolute atomic E-state index is 12.6. The average Bonchev–Trinajstić information content (AvgIpc) is 3.43. The molecule has 0 radical (unpaired) electrons. The smallest absolute Gasteiger partial charge is 0.192 e. The van der Waals surface area contributed by atoms with Crippen LogP contribution < -0.4 is 4.74 Å². The molecule has 0 aliphatic rings. The Hall–Kier alpha value is -3.39. The van der Waals surface area contributed by atoms with Crippen molar-refractivity contribution in [3.63, 3.8) is 0 Å². The van der Waals surface area contributed by atoms with Gasteiger partial charge in [0.05, 0.1) is 25.7 Å². The molecule has 0 bridgehead atoms. The highest BCUT2D eigenvalue weighted by atomic mass is 32.2. The fourth-order valence-corrected chi connectivity index (χ4v) is 3.65. The molecule has 0 spiro atoms. The lowest BCUT2D eigenvalue weighted by molar-refractivity contribution is 0.102. The van der Waals surface area contributed by atoms with Crippen LogP contribution in [0.5, 0.6) is 5.75 Å². The molecule has 29 heavy (non-hydrogen) atoms. The maximum Gasteiger partial charge on any atom is 0.192 e. The van der Waals surface area contributed by atoms with Crippen molar-refractivity contribution in [3.8, 4) is 17.1 Å². The summed E-state index contributed by atoms with van der Waals surface area (Å²) in [5, 5.41) is 9.26. The highest BCUT2D eigenvalue weighted by molar-refractivity contribution is 7.99. The van der Waals surface area contributed by atoms with E-state index in [0.717, 1.165) is 11.3 Å². The third-order valence-electron chi connectivity index (χ3n) is 4.25.